The maximum Gasteiger partial charge on any atom is 0.303 e. The molecule has 2 heteroatoms. The third-order valence-corrected chi connectivity index (χ3v) is 3.01. The molecule has 0 aliphatic rings. The Kier molecular flexibility index (Phi) is 14.7. The summed E-state index contributed by atoms with van der Waals surface area (Å²) in [6, 6.07) is 0. The standard InChI is InChI=1S/C18H30O2/c1-2-3-4-5-6-7-8-9-10-11-12-13-14-15-16-17-18(19)20/h4-5,7-8,10-11H,2-3,6,9,12-17H2,1H3,(H,19,20)/b5-4+,8-7+,11-10+. The second-order valence-electron chi connectivity index (χ2n) is 5.02. The lowest BCUT2D eigenvalue weighted by molar-refractivity contribution is -0.137. The van der Waals surface area contributed by atoms with E-state index in [0.29, 0.717) is 6.42 Å². The Morgan fingerprint density at radius 1 is 0.800 bits per heavy atom. The molecule has 0 atom stereocenters. The highest BCUT2D eigenvalue weighted by Crippen LogP contribution is 2.06. The van der Waals surface area contributed by atoms with Gasteiger partial charge in [0, 0.05) is 6.42 Å². The van der Waals surface area contributed by atoms with Crippen LogP contribution in [-0.4, -0.2) is 11.1 Å². The number of hydrogen-bond donors (Lipinski definition) is 1. The lowest BCUT2D eigenvalue weighted by Crippen LogP contribution is -1.93. The van der Waals surface area contributed by atoms with Crippen molar-refractivity contribution in [1.82, 2.24) is 0 Å². The van der Waals surface area contributed by atoms with Crippen LogP contribution in [0, 0.1) is 0 Å². The number of hydrogen-bond acceptors (Lipinski definition) is 1. The first-order chi connectivity index (χ1) is 9.77. The molecule has 2 nitrogen and oxygen atoms in total. The summed E-state index contributed by atoms with van der Waals surface area (Å²) in [6.45, 7) is 2.19. The summed E-state index contributed by atoms with van der Waals surface area (Å²) in [5.41, 5.74) is 0. The third kappa shape index (κ3) is 16.7. The molecule has 0 saturated heterocycles. The zero-order valence-electron chi connectivity index (χ0n) is 12.9. The summed E-state index contributed by atoms with van der Waals surface area (Å²) in [5.74, 6) is -0.679. The average Bonchev–Trinajstić information content (AvgIpc) is 2.43. The molecule has 0 fully saturated rings. The molecular formula is C18H30O2. The first-order valence-electron chi connectivity index (χ1n) is 7.94. The van der Waals surface area contributed by atoms with E-state index in [-0.39, 0.29) is 0 Å². The molecule has 0 aromatic carbocycles. The molecule has 0 spiro atoms. The highest BCUT2D eigenvalue weighted by Gasteiger charge is 1.95. The van der Waals surface area contributed by atoms with Crippen molar-refractivity contribution >= 4 is 5.97 Å². The first-order valence-corrected chi connectivity index (χ1v) is 7.94. The van der Waals surface area contributed by atoms with Crippen LogP contribution < -0.4 is 0 Å². The van der Waals surface area contributed by atoms with Gasteiger partial charge in [0.1, 0.15) is 0 Å². The van der Waals surface area contributed by atoms with Crippen molar-refractivity contribution in [3.63, 3.8) is 0 Å². The zero-order chi connectivity index (χ0) is 14.9. The monoisotopic (exact) mass is 278 g/mol. The minimum Gasteiger partial charge on any atom is -0.481 e. The SMILES string of the molecule is CCC/C=C/C/C=C/C/C=C/CCCCCCC(=O)O. The van der Waals surface area contributed by atoms with E-state index >= 15 is 0 Å². The number of allylic oxidation sites excluding steroid dienone is 6. The lowest BCUT2D eigenvalue weighted by Gasteiger charge is -1.96. The van der Waals surface area contributed by atoms with Crippen molar-refractivity contribution in [1.29, 1.82) is 0 Å². The van der Waals surface area contributed by atoms with E-state index in [1.54, 1.807) is 0 Å². The molecule has 0 rings (SSSR count). The molecule has 1 N–H and O–H groups in total. The molecule has 0 aromatic rings. The molecule has 0 bridgehead atoms. The summed E-state index contributed by atoms with van der Waals surface area (Å²) < 4.78 is 0. The fourth-order valence-electron chi connectivity index (χ4n) is 1.84. The van der Waals surface area contributed by atoms with Crippen molar-refractivity contribution in [2.45, 2.75) is 71.1 Å². The number of carboxylic acids is 1. The maximum atomic E-state index is 10.3. The van der Waals surface area contributed by atoms with Crippen LogP contribution in [0.5, 0.6) is 0 Å². The normalized spacial score (nSPS) is 12.1. The van der Waals surface area contributed by atoms with E-state index in [1.165, 1.54) is 19.3 Å². The van der Waals surface area contributed by atoms with Gasteiger partial charge in [-0.3, -0.25) is 4.79 Å². The summed E-state index contributed by atoms with van der Waals surface area (Å²) in [5, 5.41) is 8.50. The van der Waals surface area contributed by atoms with Crippen LogP contribution in [0.3, 0.4) is 0 Å². The van der Waals surface area contributed by atoms with Crippen LogP contribution in [0.25, 0.3) is 0 Å². The Morgan fingerprint density at radius 3 is 1.95 bits per heavy atom. The predicted molar refractivity (Wildman–Crippen MR) is 86.9 cm³/mol. The molecular weight excluding hydrogens is 248 g/mol. The Labute approximate surface area is 124 Å². The van der Waals surface area contributed by atoms with Gasteiger partial charge in [-0.05, 0) is 38.5 Å². The topological polar surface area (TPSA) is 37.3 Å². The number of rotatable bonds is 13. The molecule has 0 aromatic heterocycles. The van der Waals surface area contributed by atoms with Gasteiger partial charge in [0.25, 0.3) is 0 Å². The molecule has 0 radical (unpaired) electrons. The van der Waals surface area contributed by atoms with Crippen molar-refractivity contribution in [2.75, 3.05) is 0 Å². The van der Waals surface area contributed by atoms with E-state index < -0.39 is 5.97 Å². The Hall–Kier alpha value is -1.31. The molecule has 0 saturated carbocycles. The van der Waals surface area contributed by atoms with Crippen LogP contribution in [0.1, 0.15) is 71.1 Å². The predicted octanol–water partition coefficient (Wildman–Crippen LogP) is 5.66. The van der Waals surface area contributed by atoms with Gasteiger partial charge in [-0.1, -0.05) is 62.6 Å². The van der Waals surface area contributed by atoms with Crippen molar-refractivity contribution < 1.29 is 9.90 Å². The molecule has 0 unspecified atom stereocenters. The molecule has 0 aliphatic heterocycles. The maximum absolute atomic E-state index is 10.3. The highest BCUT2D eigenvalue weighted by molar-refractivity contribution is 5.66. The van der Waals surface area contributed by atoms with Crippen LogP contribution in [0.15, 0.2) is 36.5 Å². The zero-order valence-corrected chi connectivity index (χ0v) is 12.9. The van der Waals surface area contributed by atoms with Crippen LogP contribution in [0.4, 0.5) is 0 Å². The Morgan fingerprint density at radius 2 is 1.35 bits per heavy atom. The van der Waals surface area contributed by atoms with E-state index in [9.17, 15) is 4.79 Å². The Bertz CT molecular complexity index is 301. The van der Waals surface area contributed by atoms with Crippen LogP contribution >= 0.6 is 0 Å². The number of unbranched alkanes of at least 4 members (excludes halogenated alkanes) is 5. The summed E-state index contributed by atoms with van der Waals surface area (Å²) in [6.07, 6.45) is 23.3. The van der Waals surface area contributed by atoms with Gasteiger partial charge < -0.3 is 5.11 Å². The quantitative estimate of drug-likeness (QED) is 0.348. The van der Waals surface area contributed by atoms with E-state index in [2.05, 4.69) is 43.4 Å². The number of carboxylic acid groups (broad SMARTS) is 1. The molecule has 0 amide bonds. The minimum atomic E-state index is -0.679. The van der Waals surface area contributed by atoms with Crippen molar-refractivity contribution in [3.8, 4) is 0 Å². The first kappa shape index (κ1) is 18.7. The second-order valence-corrected chi connectivity index (χ2v) is 5.02. The van der Waals surface area contributed by atoms with Gasteiger partial charge >= 0.3 is 5.97 Å². The molecule has 20 heavy (non-hydrogen) atoms. The van der Waals surface area contributed by atoms with Crippen LogP contribution in [-0.2, 0) is 4.79 Å². The fourth-order valence-corrected chi connectivity index (χ4v) is 1.84. The molecule has 0 heterocycles. The minimum absolute atomic E-state index is 0.313. The molecule has 114 valence electrons. The second kappa shape index (κ2) is 15.7. The highest BCUT2D eigenvalue weighted by atomic mass is 16.4. The van der Waals surface area contributed by atoms with Crippen molar-refractivity contribution in [2.24, 2.45) is 0 Å². The van der Waals surface area contributed by atoms with Gasteiger partial charge in [0.15, 0.2) is 0 Å². The van der Waals surface area contributed by atoms with E-state index in [0.717, 1.165) is 38.5 Å². The van der Waals surface area contributed by atoms with Crippen LogP contribution in [0.2, 0.25) is 0 Å². The number of aliphatic carboxylic acids is 1. The summed E-state index contributed by atoms with van der Waals surface area (Å²) >= 11 is 0. The van der Waals surface area contributed by atoms with Gasteiger partial charge in [-0.15, -0.1) is 0 Å². The summed E-state index contributed by atoms with van der Waals surface area (Å²) in [4.78, 5) is 10.3. The van der Waals surface area contributed by atoms with Gasteiger partial charge in [0.2, 0.25) is 0 Å². The molecule has 0 aliphatic carbocycles. The van der Waals surface area contributed by atoms with Gasteiger partial charge in [-0.2, -0.15) is 0 Å². The largest absolute Gasteiger partial charge is 0.481 e. The lowest BCUT2D eigenvalue weighted by atomic mass is 10.1. The van der Waals surface area contributed by atoms with Gasteiger partial charge in [0.05, 0.1) is 0 Å². The van der Waals surface area contributed by atoms with E-state index in [1.807, 2.05) is 0 Å². The fraction of sp³-hybridized carbons (Fsp3) is 0.611. The number of carbonyl (C=O) groups is 1. The third-order valence-electron chi connectivity index (χ3n) is 3.01. The average molecular weight is 278 g/mol. The smallest absolute Gasteiger partial charge is 0.303 e. The van der Waals surface area contributed by atoms with Gasteiger partial charge in [-0.25, -0.2) is 0 Å². The summed E-state index contributed by atoms with van der Waals surface area (Å²) in [7, 11) is 0. The van der Waals surface area contributed by atoms with E-state index in [4.69, 9.17) is 5.11 Å². The van der Waals surface area contributed by atoms with Crippen molar-refractivity contribution in [3.05, 3.63) is 36.5 Å². The Balaban J connectivity index is 3.27.